The number of nitrogens with two attached hydrogens (primary N) is 1. The van der Waals surface area contributed by atoms with Crippen molar-refractivity contribution in [2.45, 2.75) is 46.1 Å². The van der Waals surface area contributed by atoms with Gasteiger partial charge in [-0.2, -0.15) is 0 Å². The monoisotopic (exact) mass is 212 g/mol. The zero-order valence-electron chi connectivity index (χ0n) is 10.2. The Morgan fingerprint density at radius 2 is 1.93 bits per heavy atom. The standard InChI is InChI=1S/C12H24N2O/c1-4-5-11(13)12(15)14-7-9(2)6-10(3)8-14/h9-11H,4-8,13H2,1-3H3. The van der Waals surface area contributed by atoms with E-state index < -0.39 is 0 Å². The summed E-state index contributed by atoms with van der Waals surface area (Å²) in [6.07, 6.45) is 3.01. The summed E-state index contributed by atoms with van der Waals surface area (Å²) in [5.74, 6) is 1.38. The van der Waals surface area contributed by atoms with Gasteiger partial charge in [0.25, 0.3) is 0 Å². The van der Waals surface area contributed by atoms with Crippen molar-refractivity contribution in [1.29, 1.82) is 0 Å². The highest BCUT2D eigenvalue weighted by atomic mass is 16.2. The molecule has 1 fully saturated rings. The second-order valence-electron chi connectivity index (χ2n) is 5.08. The van der Waals surface area contributed by atoms with E-state index in [0.29, 0.717) is 11.8 Å². The number of carbonyl (C=O) groups excluding carboxylic acids is 1. The molecule has 0 aromatic rings. The van der Waals surface area contributed by atoms with Crippen molar-refractivity contribution in [3.05, 3.63) is 0 Å². The topological polar surface area (TPSA) is 46.3 Å². The van der Waals surface area contributed by atoms with Gasteiger partial charge < -0.3 is 10.6 Å². The summed E-state index contributed by atoms with van der Waals surface area (Å²) in [5.41, 5.74) is 5.86. The molecule has 0 aromatic heterocycles. The van der Waals surface area contributed by atoms with Crippen LogP contribution in [0.5, 0.6) is 0 Å². The van der Waals surface area contributed by atoms with Gasteiger partial charge in [-0.1, -0.05) is 27.2 Å². The molecule has 3 atom stereocenters. The highest BCUT2D eigenvalue weighted by molar-refractivity contribution is 5.81. The maximum absolute atomic E-state index is 12.0. The molecule has 0 bridgehead atoms. The van der Waals surface area contributed by atoms with Crippen LogP contribution in [0.1, 0.15) is 40.0 Å². The van der Waals surface area contributed by atoms with Crippen LogP contribution in [0, 0.1) is 11.8 Å². The SMILES string of the molecule is CCCC(N)C(=O)N1CC(C)CC(C)C1. The predicted molar refractivity (Wildman–Crippen MR) is 62.4 cm³/mol. The molecule has 1 heterocycles. The molecule has 0 aromatic carbocycles. The lowest BCUT2D eigenvalue weighted by Crippen LogP contribution is -2.49. The summed E-state index contributed by atoms with van der Waals surface area (Å²) in [6, 6.07) is -0.285. The van der Waals surface area contributed by atoms with Gasteiger partial charge in [0.2, 0.25) is 5.91 Å². The fraction of sp³-hybridized carbons (Fsp3) is 0.917. The Balaban J connectivity index is 2.51. The average Bonchev–Trinajstić information content (AvgIpc) is 2.15. The molecule has 0 saturated carbocycles. The van der Waals surface area contributed by atoms with Crippen LogP contribution >= 0.6 is 0 Å². The Kier molecular flexibility index (Phi) is 4.58. The van der Waals surface area contributed by atoms with Crippen LogP contribution in [0.3, 0.4) is 0 Å². The van der Waals surface area contributed by atoms with Gasteiger partial charge in [0.1, 0.15) is 0 Å². The van der Waals surface area contributed by atoms with E-state index in [2.05, 4.69) is 20.8 Å². The average molecular weight is 212 g/mol. The third kappa shape index (κ3) is 3.49. The van der Waals surface area contributed by atoms with E-state index in [-0.39, 0.29) is 11.9 Å². The molecule has 2 N–H and O–H groups in total. The molecule has 1 aliphatic rings. The maximum atomic E-state index is 12.0. The zero-order valence-corrected chi connectivity index (χ0v) is 10.2. The Labute approximate surface area is 93.0 Å². The van der Waals surface area contributed by atoms with Gasteiger partial charge in [0.15, 0.2) is 0 Å². The molecule has 3 unspecified atom stereocenters. The number of nitrogens with zero attached hydrogens (tertiary/aromatic N) is 1. The van der Waals surface area contributed by atoms with E-state index in [1.165, 1.54) is 6.42 Å². The van der Waals surface area contributed by atoms with Gasteiger partial charge in [0.05, 0.1) is 6.04 Å². The molecular formula is C12H24N2O. The van der Waals surface area contributed by atoms with Crippen LogP contribution in [0.2, 0.25) is 0 Å². The first kappa shape index (κ1) is 12.5. The lowest BCUT2D eigenvalue weighted by atomic mass is 9.91. The highest BCUT2D eigenvalue weighted by Gasteiger charge is 2.27. The van der Waals surface area contributed by atoms with Crippen LogP contribution in [-0.4, -0.2) is 29.9 Å². The molecule has 88 valence electrons. The first-order valence-corrected chi connectivity index (χ1v) is 6.09. The van der Waals surface area contributed by atoms with E-state index in [9.17, 15) is 4.79 Å². The van der Waals surface area contributed by atoms with Crippen LogP contribution in [0.25, 0.3) is 0 Å². The van der Waals surface area contributed by atoms with E-state index in [4.69, 9.17) is 5.73 Å². The fourth-order valence-electron chi connectivity index (χ4n) is 2.51. The van der Waals surface area contributed by atoms with Crippen molar-refractivity contribution in [2.75, 3.05) is 13.1 Å². The molecular weight excluding hydrogens is 188 g/mol. The minimum atomic E-state index is -0.285. The first-order chi connectivity index (χ1) is 7.04. The minimum absolute atomic E-state index is 0.148. The summed E-state index contributed by atoms with van der Waals surface area (Å²) in [7, 11) is 0. The molecule has 1 amide bonds. The third-order valence-corrected chi connectivity index (χ3v) is 3.10. The van der Waals surface area contributed by atoms with E-state index in [0.717, 1.165) is 25.9 Å². The van der Waals surface area contributed by atoms with E-state index in [1.54, 1.807) is 0 Å². The van der Waals surface area contributed by atoms with Crippen molar-refractivity contribution in [3.63, 3.8) is 0 Å². The molecule has 1 saturated heterocycles. The number of likely N-dealkylation sites (tertiary alicyclic amines) is 1. The number of piperidine rings is 1. The fourth-order valence-corrected chi connectivity index (χ4v) is 2.51. The quantitative estimate of drug-likeness (QED) is 0.772. The van der Waals surface area contributed by atoms with E-state index in [1.807, 2.05) is 4.90 Å². The lowest BCUT2D eigenvalue weighted by molar-refractivity contribution is -0.135. The summed E-state index contributed by atoms with van der Waals surface area (Å²) < 4.78 is 0. The smallest absolute Gasteiger partial charge is 0.239 e. The van der Waals surface area contributed by atoms with Gasteiger partial charge in [0, 0.05) is 13.1 Å². The molecule has 0 aliphatic carbocycles. The third-order valence-electron chi connectivity index (χ3n) is 3.10. The molecule has 3 nitrogen and oxygen atoms in total. The number of hydrogen-bond donors (Lipinski definition) is 1. The Morgan fingerprint density at radius 3 is 2.40 bits per heavy atom. The highest BCUT2D eigenvalue weighted by Crippen LogP contribution is 2.21. The Bertz CT molecular complexity index is 208. The number of rotatable bonds is 3. The molecule has 0 radical (unpaired) electrons. The zero-order chi connectivity index (χ0) is 11.4. The van der Waals surface area contributed by atoms with Crippen molar-refractivity contribution in [1.82, 2.24) is 4.90 Å². The van der Waals surface area contributed by atoms with Crippen molar-refractivity contribution >= 4 is 5.91 Å². The van der Waals surface area contributed by atoms with Gasteiger partial charge in [-0.05, 0) is 24.7 Å². The lowest BCUT2D eigenvalue weighted by Gasteiger charge is -2.36. The van der Waals surface area contributed by atoms with Gasteiger partial charge in [-0.25, -0.2) is 0 Å². The van der Waals surface area contributed by atoms with Gasteiger partial charge in [-0.3, -0.25) is 4.79 Å². The Morgan fingerprint density at radius 1 is 1.40 bits per heavy atom. The Hall–Kier alpha value is -0.570. The number of amides is 1. The summed E-state index contributed by atoms with van der Waals surface area (Å²) in [5, 5.41) is 0. The van der Waals surface area contributed by atoms with Crippen molar-refractivity contribution in [2.24, 2.45) is 17.6 Å². The van der Waals surface area contributed by atoms with Crippen LogP contribution in [-0.2, 0) is 4.79 Å². The summed E-state index contributed by atoms with van der Waals surface area (Å²) in [4.78, 5) is 13.9. The van der Waals surface area contributed by atoms with Crippen molar-refractivity contribution < 1.29 is 4.79 Å². The second-order valence-corrected chi connectivity index (χ2v) is 5.08. The predicted octanol–water partition coefficient (Wildman–Crippen LogP) is 1.62. The normalized spacial score (nSPS) is 28.9. The first-order valence-electron chi connectivity index (χ1n) is 6.09. The minimum Gasteiger partial charge on any atom is -0.341 e. The van der Waals surface area contributed by atoms with Gasteiger partial charge >= 0.3 is 0 Å². The molecule has 15 heavy (non-hydrogen) atoms. The van der Waals surface area contributed by atoms with Crippen LogP contribution < -0.4 is 5.73 Å². The molecule has 1 rings (SSSR count). The molecule has 0 spiro atoms. The van der Waals surface area contributed by atoms with Gasteiger partial charge in [-0.15, -0.1) is 0 Å². The molecule has 1 aliphatic heterocycles. The number of carbonyl (C=O) groups is 1. The second kappa shape index (κ2) is 5.50. The largest absolute Gasteiger partial charge is 0.341 e. The van der Waals surface area contributed by atoms with Crippen molar-refractivity contribution in [3.8, 4) is 0 Å². The molecule has 3 heteroatoms. The van der Waals surface area contributed by atoms with Crippen LogP contribution in [0.4, 0.5) is 0 Å². The summed E-state index contributed by atoms with van der Waals surface area (Å²) >= 11 is 0. The maximum Gasteiger partial charge on any atom is 0.239 e. The summed E-state index contributed by atoms with van der Waals surface area (Å²) in [6.45, 7) is 8.26. The van der Waals surface area contributed by atoms with E-state index >= 15 is 0 Å². The van der Waals surface area contributed by atoms with Crippen LogP contribution in [0.15, 0.2) is 0 Å². The number of hydrogen-bond acceptors (Lipinski definition) is 2.